The van der Waals surface area contributed by atoms with Gasteiger partial charge < -0.3 is 9.47 Å². The number of rotatable bonds is 2. The molecule has 0 spiro atoms. The van der Waals surface area contributed by atoms with E-state index in [0.717, 1.165) is 19.4 Å². The molecule has 2 heterocycles. The lowest BCUT2D eigenvalue weighted by Gasteiger charge is -2.52. The third kappa shape index (κ3) is 1.96. The van der Waals surface area contributed by atoms with Gasteiger partial charge in [0.25, 0.3) is 0 Å². The maximum Gasteiger partial charge on any atom is 0.0686 e. The molecule has 0 saturated carbocycles. The molecule has 82 valence electrons. The highest BCUT2D eigenvalue weighted by Gasteiger charge is 2.47. The summed E-state index contributed by atoms with van der Waals surface area (Å²) in [4.78, 5) is 0. The van der Waals surface area contributed by atoms with E-state index in [1.54, 1.807) is 0 Å². The van der Waals surface area contributed by atoms with Crippen LogP contribution in [-0.2, 0) is 9.47 Å². The van der Waals surface area contributed by atoms with Crippen LogP contribution < -0.4 is 0 Å². The molecule has 0 radical (unpaired) electrons. The number of hydrogen-bond donors (Lipinski definition) is 0. The number of fused-ring (bicyclic) bond motifs is 2. The molecule has 2 aliphatic rings. The topological polar surface area (TPSA) is 18.5 Å². The fourth-order valence-electron chi connectivity index (χ4n) is 3.21. The van der Waals surface area contributed by atoms with Crippen molar-refractivity contribution in [3.05, 3.63) is 0 Å². The van der Waals surface area contributed by atoms with Crippen LogP contribution in [0.3, 0.4) is 0 Å². The normalized spacial score (nSPS) is 47.8. The third-order valence-electron chi connectivity index (χ3n) is 3.63. The van der Waals surface area contributed by atoms with E-state index < -0.39 is 0 Å². The molecule has 0 amide bonds. The lowest BCUT2D eigenvalue weighted by Crippen LogP contribution is -2.54. The van der Waals surface area contributed by atoms with E-state index in [1.165, 1.54) is 19.3 Å². The molecule has 0 aromatic carbocycles. The van der Waals surface area contributed by atoms with Gasteiger partial charge in [-0.15, -0.1) is 0 Å². The van der Waals surface area contributed by atoms with Gasteiger partial charge in [0.15, 0.2) is 0 Å². The first-order valence-corrected chi connectivity index (χ1v) is 5.87. The number of ether oxygens (including phenoxy) is 2. The SMILES string of the molecule is CCOC1C[C@]2(C)CCC[C@](C)(C1)O2. The summed E-state index contributed by atoms with van der Waals surface area (Å²) in [7, 11) is 0. The Morgan fingerprint density at radius 1 is 1.21 bits per heavy atom. The second kappa shape index (κ2) is 3.49. The van der Waals surface area contributed by atoms with Gasteiger partial charge in [0.05, 0.1) is 17.3 Å². The lowest BCUT2D eigenvalue weighted by atomic mass is 9.75. The van der Waals surface area contributed by atoms with Crippen LogP contribution in [0.5, 0.6) is 0 Å². The summed E-state index contributed by atoms with van der Waals surface area (Å²) in [6.07, 6.45) is 6.29. The van der Waals surface area contributed by atoms with Gasteiger partial charge in [-0.1, -0.05) is 0 Å². The molecule has 2 rings (SSSR count). The van der Waals surface area contributed by atoms with Crippen molar-refractivity contribution in [2.45, 2.75) is 70.2 Å². The first-order chi connectivity index (χ1) is 6.55. The van der Waals surface area contributed by atoms with Crippen LogP contribution in [0, 0.1) is 0 Å². The molecule has 0 aromatic rings. The van der Waals surface area contributed by atoms with Crippen LogP contribution in [-0.4, -0.2) is 23.9 Å². The molecule has 2 aliphatic heterocycles. The molecule has 1 unspecified atom stereocenters. The first kappa shape index (κ1) is 10.4. The average Bonchev–Trinajstić information content (AvgIpc) is 2.00. The lowest BCUT2D eigenvalue weighted by molar-refractivity contribution is -0.235. The van der Waals surface area contributed by atoms with Gasteiger partial charge >= 0.3 is 0 Å². The van der Waals surface area contributed by atoms with Gasteiger partial charge in [0, 0.05) is 19.4 Å². The average molecular weight is 198 g/mol. The van der Waals surface area contributed by atoms with E-state index in [2.05, 4.69) is 20.8 Å². The third-order valence-corrected chi connectivity index (χ3v) is 3.63. The van der Waals surface area contributed by atoms with Crippen molar-refractivity contribution in [1.82, 2.24) is 0 Å². The Bertz CT molecular complexity index is 198. The minimum atomic E-state index is 0.0884. The van der Waals surface area contributed by atoms with E-state index in [0.29, 0.717) is 6.10 Å². The molecule has 2 saturated heterocycles. The minimum absolute atomic E-state index is 0.0884. The molecule has 0 aromatic heterocycles. The van der Waals surface area contributed by atoms with Gasteiger partial charge in [-0.3, -0.25) is 0 Å². The van der Waals surface area contributed by atoms with Crippen molar-refractivity contribution in [1.29, 1.82) is 0 Å². The molecule has 2 nitrogen and oxygen atoms in total. The molecule has 0 aliphatic carbocycles. The minimum Gasteiger partial charge on any atom is -0.378 e. The van der Waals surface area contributed by atoms with Crippen LogP contribution in [0.1, 0.15) is 52.9 Å². The van der Waals surface area contributed by atoms with Crippen LogP contribution in [0.15, 0.2) is 0 Å². The molecular formula is C12H22O2. The van der Waals surface area contributed by atoms with Crippen LogP contribution in [0.25, 0.3) is 0 Å². The molecule has 2 bridgehead atoms. The van der Waals surface area contributed by atoms with Crippen LogP contribution >= 0.6 is 0 Å². The summed E-state index contributed by atoms with van der Waals surface area (Å²) in [6.45, 7) is 7.40. The molecule has 3 atom stereocenters. The van der Waals surface area contributed by atoms with E-state index >= 15 is 0 Å². The second-order valence-corrected chi connectivity index (χ2v) is 5.34. The molecule has 2 heteroatoms. The highest BCUT2D eigenvalue weighted by molar-refractivity contribution is 4.97. The largest absolute Gasteiger partial charge is 0.378 e. The molecule has 0 N–H and O–H groups in total. The van der Waals surface area contributed by atoms with Gasteiger partial charge in [-0.2, -0.15) is 0 Å². The van der Waals surface area contributed by atoms with Crippen molar-refractivity contribution < 1.29 is 9.47 Å². The van der Waals surface area contributed by atoms with Crippen LogP contribution in [0.2, 0.25) is 0 Å². The van der Waals surface area contributed by atoms with Crippen molar-refractivity contribution >= 4 is 0 Å². The predicted octanol–water partition coefficient (Wildman–Crippen LogP) is 2.90. The van der Waals surface area contributed by atoms with Gasteiger partial charge in [0.1, 0.15) is 0 Å². The maximum absolute atomic E-state index is 6.19. The Morgan fingerprint density at radius 3 is 2.29 bits per heavy atom. The predicted molar refractivity (Wildman–Crippen MR) is 56.4 cm³/mol. The van der Waals surface area contributed by atoms with Crippen molar-refractivity contribution in [3.63, 3.8) is 0 Å². The van der Waals surface area contributed by atoms with E-state index in [1.807, 2.05) is 0 Å². The Morgan fingerprint density at radius 2 is 1.79 bits per heavy atom. The van der Waals surface area contributed by atoms with E-state index in [9.17, 15) is 0 Å². The number of hydrogen-bond acceptors (Lipinski definition) is 2. The summed E-state index contributed by atoms with van der Waals surface area (Å²) in [5.74, 6) is 0. The zero-order valence-corrected chi connectivity index (χ0v) is 9.64. The first-order valence-electron chi connectivity index (χ1n) is 5.87. The standard InChI is InChI=1S/C12H22O2/c1-4-13-10-8-11(2)6-5-7-12(3,9-10)14-11/h10H,4-9H2,1-3H3/t10?,11-,12+. The Labute approximate surface area is 87.0 Å². The zero-order valence-electron chi connectivity index (χ0n) is 9.64. The smallest absolute Gasteiger partial charge is 0.0686 e. The fourth-order valence-corrected chi connectivity index (χ4v) is 3.21. The van der Waals surface area contributed by atoms with Gasteiger partial charge in [-0.25, -0.2) is 0 Å². The fraction of sp³-hybridized carbons (Fsp3) is 1.00. The van der Waals surface area contributed by atoms with E-state index in [-0.39, 0.29) is 11.2 Å². The molecular weight excluding hydrogens is 176 g/mol. The summed E-state index contributed by atoms with van der Waals surface area (Å²) in [5.41, 5.74) is 0.177. The molecule has 14 heavy (non-hydrogen) atoms. The highest BCUT2D eigenvalue weighted by Crippen LogP contribution is 2.45. The Kier molecular flexibility index (Phi) is 2.61. The van der Waals surface area contributed by atoms with Gasteiger partial charge in [-0.05, 0) is 40.0 Å². The van der Waals surface area contributed by atoms with Crippen molar-refractivity contribution in [2.75, 3.05) is 6.61 Å². The summed E-state index contributed by atoms with van der Waals surface area (Å²) < 4.78 is 12.0. The van der Waals surface area contributed by atoms with Gasteiger partial charge in [0.2, 0.25) is 0 Å². The van der Waals surface area contributed by atoms with E-state index in [4.69, 9.17) is 9.47 Å². The Balaban J connectivity index is 2.08. The second-order valence-electron chi connectivity index (χ2n) is 5.34. The summed E-state index contributed by atoms with van der Waals surface area (Å²) in [6, 6.07) is 0. The highest BCUT2D eigenvalue weighted by atomic mass is 16.5. The molecule has 2 fully saturated rings. The summed E-state index contributed by atoms with van der Waals surface area (Å²) >= 11 is 0. The van der Waals surface area contributed by atoms with Crippen molar-refractivity contribution in [2.24, 2.45) is 0 Å². The monoisotopic (exact) mass is 198 g/mol. The maximum atomic E-state index is 6.19. The van der Waals surface area contributed by atoms with Crippen molar-refractivity contribution in [3.8, 4) is 0 Å². The quantitative estimate of drug-likeness (QED) is 0.679. The Hall–Kier alpha value is -0.0800. The van der Waals surface area contributed by atoms with Crippen LogP contribution in [0.4, 0.5) is 0 Å². The zero-order chi connectivity index (χ0) is 10.2. The summed E-state index contributed by atoms with van der Waals surface area (Å²) in [5, 5.41) is 0.